The Balaban J connectivity index is 2.17. The molecule has 0 aliphatic rings. The first-order chi connectivity index (χ1) is 12.5. The van der Waals surface area contributed by atoms with Gasteiger partial charge in [0.2, 0.25) is 0 Å². The van der Waals surface area contributed by atoms with Crippen molar-refractivity contribution in [3.63, 3.8) is 0 Å². The third-order valence-corrected chi connectivity index (χ3v) is 5.01. The maximum atomic E-state index is 12.8. The lowest BCUT2D eigenvalue weighted by molar-refractivity contribution is -0.140. The van der Waals surface area contributed by atoms with Crippen LogP contribution in [0.1, 0.15) is 27.2 Å². The van der Waals surface area contributed by atoms with Crippen molar-refractivity contribution in [2.45, 2.75) is 20.3 Å². The third kappa shape index (κ3) is 5.12. The summed E-state index contributed by atoms with van der Waals surface area (Å²) >= 11 is 1.36. The van der Waals surface area contributed by atoms with Gasteiger partial charge in [-0.1, -0.05) is 23.8 Å². The summed E-state index contributed by atoms with van der Waals surface area (Å²) in [6, 6.07) is 6.16. The van der Waals surface area contributed by atoms with E-state index in [1.165, 1.54) is 24.0 Å². The van der Waals surface area contributed by atoms with Gasteiger partial charge in [0.1, 0.15) is 9.88 Å². The normalized spacial score (nSPS) is 10.6. The van der Waals surface area contributed by atoms with E-state index < -0.39 is 0 Å². The number of carbonyl (C=O) groups excluding carboxylic acids is 2. The molecule has 0 saturated carbocycles. The number of aryl methyl sites for hydroxylation is 2. The molecule has 0 saturated heterocycles. The molecule has 1 heterocycles. The van der Waals surface area contributed by atoms with E-state index in [4.69, 9.17) is 4.74 Å². The van der Waals surface area contributed by atoms with Crippen LogP contribution in [0, 0.1) is 13.8 Å². The van der Waals surface area contributed by atoms with Gasteiger partial charge in [0, 0.05) is 25.8 Å². The number of hydrogen-bond donors (Lipinski definition) is 0. The quantitative estimate of drug-likeness (QED) is 0.662. The van der Waals surface area contributed by atoms with Gasteiger partial charge in [-0.05, 0) is 19.4 Å². The van der Waals surface area contributed by atoms with Gasteiger partial charge in [-0.15, -0.1) is 11.3 Å². The van der Waals surface area contributed by atoms with Crippen LogP contribution in [-0.2, 0) is 14.3 Å². The van der Waals surface area contributed by atoms with Crippen molar-refractivity contribution < 1.29 is 19.1 Å². The Hall–Kier alpha value is -2.25. The number of nitrogens with zero attached hydrogens (tertiary/aromatic N) is 2. The summed E-state index contributed by atoms with van der Waals surface area (Å²) in [5.74, 6) is -0.500. The Morgan fingerprint density at radius 3 is 2.62 bits per heavy atom. The van der Waals surface area contributed by atoms with E-state index in [1.54, 1.807) is 18.2 Å². The average Bonchev–Trinajstić information content (AvgIpc) is 3.10. The Morgan fingerprint density at radius 1 is 1.19 bits per heavy atom. The number of esters is 1. The van der Waals surface area contributed by atoms with Crippen molar-refractivity contribution in [1.29, 1.82) is 0 Å². The van der Waals surface area contributed by atoms with Crippen molar-refractivity contribution >= 4 is 23.2 Å². The summed E-state index contributed by atoms with van der Waals surface area (Å²) in [6.07, 6.45) is 1.74. The molecule has 1 amide bonds. The lowest BCUT2D eigenvalue weighted by atomic mass is 10.1. The van der Waals surface area contributed by atoms with Gasteiger partial charge in [0.15, 0.2) is 0 Å². The molecule has 26 heavy (non-hydrogen) atoms. The van der Waals surface area contributed by atoms with Crippen LogP contribution in [0.2, 0.25) is 0 Å². The summed E-state index contributed by atoms with van der Waals surface area (Å²) in [5, 5.41) is 0.811. The van der Waals surface area contributed by atoms with Crippen molar-refractivity contribution in [2.75, 3.05) is 33.9 Å². The minimum Gasteiger partial charge on any atom is -0.469 e. The molecule has 0 aliphatic carbocycles. The third-order valence-electron chi connectivity index (χ3n) is 3.99. The fourth-order valence-corrected chi connectivity index (χ4v) is 3.53. The standard InChI is InChI=1S/C19H24N2O4S/c1-13-5-6-15(14(2)11-13)18-20-12-16(26-18)19(23)21(9-10-24-3)8-7-17(22)25-4/h5-6,11-12H,7-10H2,1-4H3. The number of methoxy groups -OCH3 is 2. The number of ether oxygens (including phenoxy) is 2. The minimum atomic E-state index is -0.347. The van der Waals surface area contributed by atoms with E-state index in [0.29, 0.717) is 18.0 Å². The number of carbonyl (C=O) groups is 2. The molecule has 6 nitrogen and oxygen atoms in total. The largest absolute Gasteiger partial charge is 0.469 e. The summed E-state index contributed by atoms with van der Waals surface area (Å²) in [5.41, 5.74) is 3.34. The molecule has 0 N–H and O–H groups in total. The van der Waals surface area contributed by atoms with Gasteiger partial charge in [0.25, 0.3) is 5.91 Å². The fourth-order valence-electron chi connectivity index (χ4n) is 2.55. The van der Waals surface area contributed by atoms with E-state index in [-0.39, 0.29) is 24.8 Å². The summed E-state index contributed by atoms with van der Waals surface area (Å²) in [4.78, 5) is 30.8. The predicted molar refractivity (Wildman–Crippen MR) is 101 cm³/mol. The van der Waals surface area contributed by atoms with Gasteiger partial charge >= 0.3 is 5.97 Å². The summed E-state index contributed by atoms with van der Waals surface area (Å²) < 4.78 is 9.73. The first-order valence-corrected chi connectivity index (χ1v) is 9.16. The average molecular weight is 376 g/mol. The number of amides is 1. The van der Waals surface area contributed by atoms with Gasteiger partial charge in [-0.3, -0.25) is 9.59 Å². The van der Waals surface area contributed by atoms with Crippen LogP contribution in [0.4, 0.5) is 0 Å². The molecular formula is C19H24N2O4S. The molecule has 2 aromatic rings. The molecule has 0 radical (unpaired) electrons. The van der Waals surface area contributed by atoms with E-state index in [2.05, 4.69) is 15.8 Å². The monoisotopic (exact) mass is 376 g/mol. The Labute approximate surface area is 157 Å². The second-order valence-electron chi connectivity index (χ2n) is 5.96. The summed E-state index contributed by atoms with van der Waals surface area (Å²) in [6.45, 7) is 5.17. The van der Waals surface area contributed by atoms with Gasteiger partial charge in [-0.25, -0.2) is 4.98 Å². The zero-order valence-electron chi connectivity index (χ0n) is 15.6. The maximum Gasteiger partial charge on any atom is 0.307 e. The molecule has 0 spiro atoms. The van der Waals surface area contributed by atoms with Crippen LogP contribution in [-0.4, -0.2) is 55.7 Å². The van der Waals surface area contributed by atoms with Crippen LogP contribution in [0.25, 0.3) is 10.6 Å². The highest BCUT2D eigenvalue weighted by molar-refractivity contribution is 7.16. The van der Waals surface area contributed by atoms with Gasteiger partial charge < -0.3 is 14.4 Å². The van der Waals surface area contributed by atoms with Crippen LogP contribution in [0.3, 0.4) is 0 Å². The molecule has 2 rings (SSSR count). The first kappa shape index (κ1) is 20.1. The highest BCUT2D eigenvalue weighted by Gasteiger charge is 2.20. The van der Waals surface area contributed by atoms with Crippen molar-refractivity contribution in [3.05, 3.63) is 40.4 Å². The SMILES string of the molecule is COCCN(CCC(=O)OC)C(=O)c1cnc(-c2ccc(C)cc2C)s1. The molecule has 140 valence electrons. The van der Waals surface area contributed by atoms with Crippen LogP contribution in [0.5, 0.6) is 0 Å². The molecule has 0 unspecified atom stereocenters. The van der Waals surface area contributed by atoms with Gasteiger partial charge in [-0.2, -0.15) is 0 Å². The number of rotatable bonds is 8. The lowest BCUT2D eigenvalue weighted by Crippen LogP contribution is -2.35. The number of benzene rings is 1. The molecule has 0 fully saturated rings. The number of aromatic nitrogens is 1. The molecule has 1 aromatic carbocycles. The highest BCUT2D eigenvalue weighted by Crippen LogP contribution is 2.29. The van der Waals surface area contributed by atoms with Gasteiger partial charge in [0.05, 0.1) is 26.3 Å². The maximum absolute atomic E-state index is 12.8. The molecule has 0 aliphatic heterocycles. The van der Waals surface area contributed by atoms with Crippen molar-refractivity contribution in [2.24, 2.45) is 0 Å². The van der Waals surface area contributed by atoms with Crippen LogP contribution >= 0.6 is 11.3 Å². The van der Waals surface area contributed by atoms with E-state index in [9.17, 15) is 9.59 Å². The topological polar surface area (TPSA) is 68.7 Å². The first-order valence-electron chi connectivity index (χ1n) is 8.34. The molecular weight excluding hydrogens is 352 g/mol. The lowest BCUT2D eigenvalue weighted by Gasteiger charge is -2.21. The molecule has 0 atom stereocenters. The Kier molecular flexibility index (Phi) is 7.29. The zero-order valence-corrected chi connectivity index (χ0v) is 16.4. The second kappa shape index (κ2) is 9.45. The van der Waals surface area contributed by atoms with Crippen LogP contribution < -0.4 is 0 Å². The van der Waals surface area contributed by atoms with E-state index in [0.717, 1.165) is 16.1 Å². The van der Waals surface area contributed by atoms with Crippen molar-refractivity contribution in [1.82, 2.24) is 9.88 Å². The second-order valence-corrected chi connectivity index (χ2v) is 6.99. The fraction of sp³-hybridized carbons (Fsp3) is 0.421. The van der Waals surface area contributed by atoms with E-state index in [1.807, 2.05) is 26.0 Å². The Morgan fingerprint density at radius 2 is 1.96 bits per heavy atom. The zero-order chi connectivity index (χ0) is 19.1. The smallest absolute Gasteiger partial charge is 0.307 e. The number of thiazole rings is 1. The van der Waals surface area contributed by atoms with E-state index >= 15 is 0 Å². The predicted octanol–water partition coefficient (Wildman–Crippen LogP) is 3.08. The van der Waals surface area contributed by atoms with Crippen molar-refractivity contribution in [3.8, 4) is 10.6 Å². The summed E-state index contributed by atoms with van der Waals surface area (Å²) in [7, 11) is 2.91. The molecule has 1 aromatic heterocycles. The highest BCUT2D eigenvalue weighted by atomic mass is 32.1. The molecule has 7 heteroatoms. The number of hydrogen-bond acceptors (Lipinski definition) is 6. The van der Waals surface area contributed by atoms with Crippen LogP contribution in [0.15, 0.2) is 24.4 Å². The molecule has 0 bridgehead atoms. The minimum absolute atomic E-state index is 0.148. The Bertz CT molecular complexity index is 773.